The maximum atomic E-state index is 12.4. The number of carbonyl (C=O) groups is 2. The van der Waals surface area contributed by atoms with Crippen LogP contribution in [0.25, 0.3) is 11.0 Å². The minimum absolute atomic E-state index is 0.177. The molecule has 7 nitrogen and oxygen atoms in total. The second-order valence-corrected chi connectivity index (χ2v) is 5.34. The third-order valence-corrected chi connectivity index (χ3v) is 3.73. The van der Waals surface area contributed by atoms with E-state index in [9.17, 15) is 14.4 Å². The molecule has 0 atom stereocenters. The van der Waals surface area contributed by atoms with Crippen LogP contribution in [0.5, 0.6) is 0 Å². The zero-order valence-corrected chi connectivity index (χ0v) is 13.5. The third kappa shape index (κ3) is 3.40. The lowest BCUT2D eigenvalue weighted by Crippen LogP contribution is -2.29. The van der Waals surface area contributed by atoms with Crippen LogP contribution in [-0.2, 0) is 11.3 Å². The lowest BCUT2D eigenvalue weighted by Gasteiger charge is -2.12. The van der Waals surface area contributed by atoms with Crippen LogP contribution in [0.2, 0.25) is 0 Å². The summed E-state index contributed by atoms with van der Waals surface area (Å²) in [6.45, 7) is -0.177. The fourth-order valence-electron chi connectivity index (χ4n) is 2.54. The smallest absolute Gasteiger partial charge is 0.269 e. The summed E-state index contributed by atoms with van der Waals surface area (Å²) in [4.78, 5) is 40.5. The van der Waals surface area contributed by atoms with Gasteiger partial charge in [-0.05, 0) is 24.3 Å². The first-order valence-corrected chi connectivity index (χ1v) is 7.65. The van der Waals surface area contributed by atoms with Gasteiger partial charge in [0.15, 0.2) is 0 Å². The van der Waals surface area contributed by atoms with Gasteiger partial charge in [0.2, 0.25) is 5.91 Å². The summed E-state index contributed by atoms with van der Waals surface area (Å²) in [5.41, 5.74) is 1.57. The van der Waals surface area contributed by atoms with E-state index in [1.807, 2.05) is 6.07 Å². The SMILES string of the molecule is CNC(=O)c1ccccc1NC(=O)Cn1c(=O)cnc2ccccc21. The number of aromatic nitrogens is 2. The highest BCUT2D eigenvalue weighted by Gasteiger charge is 2.13. The minimum Gasteiger partial charge on any atom is -0.355 e. The van der Waals surface area contributed by atoms with Crippen LogP contribution >= 0.6 is 0 Å². The number of amides is 2. The van der Waals surface area contributed by atoms with Gasteiger partial charge in [-0.1, -0.05) is 24.3 Å². The number of nitrogens with zero attached hydrogens (tertiary/aromatic N) is 2. The van der Waals surface area contributed by atoms with Crippen LogP contribution in [0.4, 0.5) is 5.69 Å². The molecule has 3 rings (SSSR count). The first-order chi connectivity index (χ1) is 12.1. The van der Waals surface area contributed by atoms with Gasteiger partial charge >= 0.3 is 0 Å². The minimum atomic E-state index is -0.408. The summed E-state index contributed by atoms with van der Waals surface area (Å²) >= 11 is 0. The zero-order valence-electron chi connectivity index (χ0n) is 13.5. The van der Waals surface area contributed by atoms with Crippen molar-refractivity contribution in [1.29, 1.82) is 0 Å². The van der Waals surface area contributed by atoms with Gasteiger partial charge in [-0.2, -0.15) is 0 Å². The van der Waals surface area contributed by atoms with Gasteiger partial charge in [0.05, 0.1) is 28.5 Å². The Hall–Kier alpha value is -3.48. The molecule has 1 aromatic heterocycles. The van der Waals surface area contributed by atoms with Crippen LogP contribution in [0.3, 0.4) is 0 Å². The van der Waals surface area contributed by atoms with Crippen LogP contribution in [0.15, 0.2) is 59.5 Å². The van der Waals surface area contributed by atoms with Crippen molar-refractivity contribution in [3.63, 3.8) is 0 Å². The van der Waals surface area contributed by atoms with Crippen molar-refractivity contribution in [2.75, 3.05) is 12.4 Å². The van der Waals surface area contributed by atoms with Crippen molar-refractivity contribution in [2.24, 2.45) is 0 Å². The van der Waals surface area contributed by atoms with Gasteiger partial charge in [0.1, 0.15) is 6.54 Å². The molecule has 0 aliphatic heterocycles. The van der Waals surface area contributed by atoms with Crippen LogP contribution in [0.1, 0.15) is 10.4 Å². The van der Waals surface area contributed by atoms with Crippen molar-refractivity contribution >= 4 is 28.5 Å². The van der Waals surface area contributed by atoms with E-state index in [2.05, 4.69) is 15.6 Å². The summed E-state index contributed by atoms with van der Waals surface area (Å²) in [6, 6.07) is 13.8. The number of carbonyl (C=O) groups excluding carboxylic acids is 2. The van der Waals surface area contributed by atoms with Gasteiger partial charge in [-0.25, -0.2) is 4.98 Å². The number of benzene rings is 2. The molecule has 0 aliphatic rings. The van der Waals surface area contributed by atoms with Gasteiger partial charge in [-0.3, -0.25) is 19.0 Å². The monoisotopic (exact) mass is 336 g/mol. The van der Waals surface area contributed by atoms with E-state index in [0.29, 0.717) is 22.3 Å². The first kappa shape index (κ1) is 16.4. The lowest BCUT2D eigenvalue weighted by atomic mass is 10.1. The van der Waals surface area contributed by atoms with Gasteiger partial charge in [-0.15, -0.1) is 0 Å². The largest absolute Gasteiger partial charge is 0.355 e. The summed E-state index contributed by atoms with van der Waals surface area (Å²) in [7, 11) is 1.52. The predicted molar refractivity (Wildman–Crippen MR) is 94.5 cm³/mol. The number of hydrogen-bond acceptors (Lipinski definition) is 4. The summed E-state index contributed by atoms with van der Waals surface area (Å²) < 4.78 is 1.35. The fraction of sp³-hybridized carbons (Fsp3) is 0.111. The van der Waals surface area contributed by atoms with E-state index in [4.69, 9.17) is 0 Å². The average Bonchev–Trinajstić information content (AvgIpc) is 2.64. The van der Waals surface area contributed by atoms with Gasteiger partial charge in [0, 0.05) is 7.05 Å². The Balaban J connectivity index is 1.89. The molecule has 7 heteroatoms. The quantitative estimate of drug-likeness (QED) is 0.753. The predicted octanol–water partition coefficient (Wildman–Crippen LogP) is 1.39. The van der Waals surface area contributed by atoms with E-state index < -0.39 is 5.91 Å². The highest BCUT2D eigenvalue weighted by molar-refractivity contribution is 6.03. The fourth-order valence-corrected chi connectivity index (χ4v) is 2.54. The maximum Gasteiger partial charge on any atom is 0.269 e. The molecule has 0 aliphatic carbocycles. The molecule has 3 aromatic rings. The van der Waals surface area contributed by atoms with Gasteiger partial charge < -0.3 is 10.6 Å². The Kier molecular flexibility index (Phi) is 4.56. The van der Waals surface area contributed by atoms with Crippen LogP contribution < -0.4 is 16.2 Å². The molecule has 0 spiro atoms. The Bertz CT molecular complexity index is 1010. The maximum absolute atomic E-state index is 12.4. The number of anilines is 1. The standard InChI is InChI=1S/C18H16N4O3/c1-19-18(25)12-6-2-3-7-13(12)21-16(23)11-22-15-9-5-4-8-14(15)20-10-17(22)24/h2-10H,11H2,1H3,(H,19,25)(H,21,23). The second-order valence-electron chi connectivity index (χ2n) is 5.34. The normalized spacial score (nSPS) is 10.4. The van der Waals surface area contributed by atoms with E-state index in [-0.39, 0.29) is 18.0 Å². The molecule has 2 N–H and O–H groups in total. The molecule has 0 unspecified atom stereocenters. The molecule has 0 saturated heterocycles. The van der Waals surface area contributed by atoms with Crippen molar-refractivity contribution in [3.8, 4) is 0 Å². The molecule has 126 valence electrons. The molecule has 0 bridgehead atoms. The zero-order chi connectivity index (χ0) is 17.8. The van der Waals surface area contributed by atoms with E-state index in [0.717, 1.165) is 0 Å². The summed E-state index contributed by atoms with van der Waals surface area (Å²) in [6.07, 6.45) is 1.19. The highest BCUT2D eigenvalue weighted by atomic mass is 16.2. The highest BCUT2D eigenvalue weighted by Crippen LogP contribution is 2.15. The van der Waals surface area contributed by atoms with Crippen molar-refractivity contribution in [1.82, 2.24) is 14.9 Å². The average molecular weight is 336 g/mol. The Labute approximate surface area is 143 Å². The number of para-hydroxylation sites is 3. The molecule has 0 saturated carbocycles. The first-order valence-electron chi connectivity index (χ1n) is 7.65. The molecule has 0 fully saturated rings. The summed E-state index contributed by atoms with van der Waals surface area (Å²) in [5.74, 6) is -0.711. The van der Waals surface area contributed by atoms with Crippen molar-refractivity contribution in [2.45, 2.75) is 6.54 Å². The molecular formula is C18H16N4O3. The number of fused-ring (bicyclic) bond motifs is 1. The molecule has 0 radical (unpaired) electrons. The van der Waals surface area contributed by atoms with Crippen LogP contribution in [-0.4, -0.2) is 28.4 Å². The lowest BCUT2D eigenvalue weighted by molar-refractivity contribution is -0.116. The van der Waals surface area contributed by atoms with Gasteiger partial charge in [0.25, 0.3) is 11.5 Å². The van der Waals surface area contributed by atoms with E-state index in [1.54, 1.807) is 42.5 Å². The number of hydrogen-bond donors (Lipinski definition) is 2. The Morgan fingerprint density at radius 1 is 1.08 bits per heavy atom. The summed E-state index contributed by atoms with van der Waals surface area (Å²) in [5, 5.41) is 5.21. The molecule has 2 aromatic carbocycles. The second kappa shape index (κ2) is 6.96. The number of rotatable bonds is 4. The molecule has 25 heavy (non-hydrogen) atoms. The Morgan fingerprint density at radius 2 is 1.80 bits per heavy atom. The van der Waals surface area contributed by atoms with E-state index in [1.165, 1.54) is 17.8 Å². The third-order valence-electron chi connectivity index (χ3n) is 3.73. The molecular weight excluding hydrogens is 320 g/mol. The molecule has 1 heterocycles. The number of nitrogens with one attached hydrogen (secondary N) is 2. The topological polar surface area (TPSA) is 93.1 Å². The Morgan fingerprint density at radius 3 is 2.60 bits per heavy atom. The van der Waals surface area contributed by atoms with Crippen molar-refractivity contribution in [3.05, 3.63) is 70.6 Å². The van der Waals surface area contributed by atoms with Crippen molar-refractivity contribution < 1.29 is 9.59 Å². The molecule has 2 amide bonds. The van der Waals surface area contributed by atoms with E-state index >= 15 is 0 Å². The van der Waals surface area contributed by atoms with Crippen LogP contribution in [0, 0.1) is 0 Å².